The number of halogens is 1. The quantitative estimate of drug-likeness (QED) is 0.603. The minimum Gasteiger partial charge on any atom is -0.295 e. The van der Waals surface area contributed by atoms with E-state index in [1.807, 2.05) is 34.9 Å². The molecule has 0 aliphatic carbocycles. The topological polar surface area (TPSA) is 43.6 Å². The van der Waals surface area contributed by atoms with E-state index < -0.39 is 0 Å². The van der Waals surface area contributed by atoms with Crippen LogP contribution in [0.5, 0.6) is 0 Å². The number of hydrogen-bond acceptors (Lipinski definition) is 3. The second-order valence-corrected chi connectivity index (χ2v) is 3.64. The number of benzene rings is 1. The van der Waals surface area contributed by atoms with Gasteiger partial charge < -0.3 is 0 Å². The third-order valence-corrected chi connectivity index (χ3v) is 2.61. The summed E-state index contributed by atoms with van der Waals surface area (Å²) in [4.78, 5) is 12.2. The average Bonchev–Trinajstić information content (AvgIpc) is 2.75. The van der Waals surface area contributed by atoms with Gasteiger partial charge in [0.25, 0.3) is 0 Å². The highest BCUT2D eigenvalue weighted by Gasteiger charge is 2.09. The molecule has 0 unspecified atom stereocenters. The monoisotopic (exact) mass is 230 g/mol. The Morgan fingerprint density at radius 1 is 1.00 bits per heavy atom. The molecule has 0 aliphatic rings. The average molecular weight is 231 g/mol. The number of aromatic nitrogens is 4. The van der Waals surface area contributed by atoms with Crippen molar-refractivity contribution in [3.63, 3.8) is 0 Å². The van der Waals surface area contributed by atoms with Gasteiger partial charge >= 0.3 is 0 Å². The lowest BCUT2D eigenvalue weighted by Crippen LogP contribution is -1.93. The number of fused-ring (bicyclic) bond motifs is 1. The van der Waals surface area contributed by atoms with Crippen molar-refractivity contribution in [3.05, 3.63) is 48.1 Å². The van der Waals surface area contributed by atoms with Gasteiger partial charge in [0, 0.05) is 5.69 Å². The molecule has 16 heavy (non-hydrogen) atoms. The van der Waals surface area contributed by atoms with Gasteiger partial charge in [0.15, 0.2) is 10.8 Å². The highest BCUT2D eigenvalue weighted by atomic mass is 35.5. The van der Waals surface area contributed by atoms with E-state index >= 15 is 0 Å². The van der Waals surface area contributed by atoms with Crippen molar-refractivity contribution in [3.8, 4) is 5.69 Å². The standard InChI is InChI=1S/C11H7ClN4/c12-10-9-11(14-6-13-10)15-7-16(9)8-4-2-1-3-5-8/h1-7H. The Bertz CT molecular complexity index is 633. The lowest BCUT2D eigenvalue weighted by Gasteiger charge is -2.03. The summed E-state index contributed by atoms with van der Waals surface area (Å²) in [7, 11) is 0. The molecule has 2 heterocycles. The second-order valence-electron chi connectivity index (χ2n) is 3.29. The van der Waals surface area contributed by atoms with Crippen LogP contribution in [0, 0.1) is 0 Å². The zero-order valence-corrected chi connectivity index (χ0v) is 8.96. The Labute approximate surface area is 96.6 Å². The van der Waals surface area contributed by atoms with E-state index in [4.69, 9.17) is 11.6 Å². The Morgan fingerprint density at radius 3 is 2.62 bits per heavy atom. The van der Waals surface area contributed by atoms with Gasteiger partial charge in [0.05, 0.1) is 0 Å². The van der Waals surface area contributed by atoms with Gasteiger partial charge in [-0.1, -0.05) is 29.8 Å². The number of rotatable bonds is 1. The zero-order chi connectivity index (χ0) is 11.0. The summed E-state index contributed by atoms with van der Waals surface area (Å²) >= 11 is 6.04. The molecule has 0 spiro atoms. The molecule has 4 nitrogen and oxygen atoms in total. The van der Waals surface area contributed by atoms with Gasteiger partial charge in [-0.05, 0) is 12.1 Å². The maximum Gasteiger partial charge on any atom is 0.182 e. The van der Waals surface area contributed by atoms with Crippen molar-refractivity contribution in [2.24, 2.45) is 0 Å². The summed E-state index contributed by atoms with van der Waals surface area (Å²) in [5.41, 5.74) is 2.32. The molecule has 5 heteroatoms. The van der Waals surface area contributed by atoms with Crippen LogP contribution in [0.1, 0.15) is 0 Å². The van der Waals surface area contributed by atoms with Gasteiger partial charge in [0.1, 0.15) is 18.2 Å². The highest BCUT2D eigenvalue weighted by molar-refractivity contribution is 6.33. The number of para-hydroxylation sites is 1. The van der Waals surface area contributed by atoms with Crippen molar-refractivity contribution in [2.45, 2.75) is 0 Å². The first kappa shape index (κ1) is 9.30. The summed E-state index contributed by atoms with van der Waals surface area (Å²) in [5, 5.41) is 0.409. The summed E-state index contributed by atoms with van der Waals surface area (Å²) in [6.45, 7) is 0. The molecule has 3 rings (SSSR count). The molecule has 0 amide bonds. The van der Waals surface area contributed by atoms with Crippen LogP contribution < -0.4 is 0 Å². The van der Waals surface area contributed by atoms with Gasteiger partial charge in [-0.3, -0.25) is 4.57 Å². The smallest absolute Gasteiger partial charge is 0.182 e. The molecule has 2 aromatic heterocycles. The van der Waals surface area contributed by atoms with Gasteiger partial charge in [0.2, 0.25) is 0 Å². The van der Waals surface area contributed by atoms with Gasteiger partial charge in [-0.25, -0.2) is 15.0 Å². The largest absolute Gasteiger partial charge is 0.295 e. The first-order chi connectivity index (χ1) is 7.86. The molecule has 0 saturated carbocycles. The van der Waals surface area contributed by atoms with E-state index in [0.717, 1.165) is 11.2 Å². The fourth-order valence-electron chi connectivity index (χ4n) is 1.60. The van der Waals surface area contributed by atoms with Crippen LogP contribution in [0.4, 0.5) is 0 Å². The van der Waals surface area contributed by atoms with Crippen molar-refractivity contribution in [1.29, 1.82) is 0 Å². The van der Waals surface area contributed by atoms with Crippen LogP contribution in [-0.2, 0) is 0 Å². The maximum absolute atomic E-state index is 6.04. The molecule has 0 atom stereocenters. The third kappa shape index (κ3) is 1.35. The Hall–Kier alpha value is -1.94. The molecule has 0 fully saturated rings. The van der Waals surface area contributed by atoms with Crippen molar-refractivity contribution >= 4 is 22.8 Å². The first-order valence-electron chi connectivity index (χ1n) is 4.75. The normalized spacial score (nSPS) is 10.8. The lowest BCUT2D eigenvalue weighted by atomic mass is 10.3. The summed E-state index contributed by atoms with van der Waals surface area (Å²) < 4.78 is 1.87. The summed E-state index contributed by atoms with van der Waals surface area (Å²) in [6.07, 6.45) is 3.10. The lowest BCUT2D eigenvalue weighted by molar-refractivity contribution is 1.09. The predicted molar refractivity (Wildman–Crippen MR) is 61.7 cm³/mol. The maximum atomic E-state index is 6.04. The van der Waals surface area contributed by atoms with Crippen molar-refractivity contribution < 1.29 is 0 Å². The molecule has 1 aromatic carbocycles. The number of imidazole rings is 1. The van der Waals surface area contributed by atoms with E-state index in [-0.39, 0.29) is 0 Å². The van der Waals surface area contributed by atoms with E-state index in [1.165, 1.54) is 6.33 Å². The molecule has 78 valence electrons. The number of nitrogens with zero attached hydrogens (tertiary/aromatic N) is 4. The zero-order valence-electron chi connectivity index (χ0n) is 8.21. The molecule has 0 radical (unpaired) electrons. The predicted octanol–water partition coefficient (Wildman–Crippen LogP) is 2.47. The fraction of sp³-hybridized carbons (Fsp3) is 0. The van der Waals surface area contributed by atoms with E-state index in [0.29, 0.717) is 10.8 Å². The van der Waals surface area contributed by atoms with Crippen LogP contribution in [0.2, 0.25) is 5.15 Å². The first-order valence-corrected chi connectivity index (χ1v) is 5.13. The summed E-state index contributed by atoms with van der Waals surface area (Å²) in [6, 6.07) is 9.83. The van der Waals surface area contributed by atoms with E-state index in [2.05, 4.69) is 15.0 Å². The van der Waals surface area contributed by atoms with Crippen molar-refractivity contribution in [1.82, 2.24) is 19.5 Å². The van der Waals surface area contributed by atoms with Gasteiger partial charge in [-0.15, -0.1) is 0 Å². The summed E-state index contributed by atoms with van der Waals surface area (Å²) in [5.74, 6) is 0. The minimum atomic E-state index is 0.409. The number of hydrogen-bond donors (Lipinski definition) is 0. The van der Waals surface area contributed by atoms with Crippen LogP contribution >= 0.6 is 11.6 Å². The van der Waals surface area contributed by atoms with Crippen LogP contribution in [-0.4, -0.2) is 19.5 Å². The molecule has 0 aliphatic heterocycles. The Balaban J connectivity index is 2.33. The second kappa shape index (κ2) is 3.57. The molecule has 0 saturated heterocycles. The van der Waals surface area contributed by atoms with Crippen molar-refractivity contribution in [2.75, 3.05) is 0 Å². The third-order valence-electron chi connectivity index (χ3n) is 2.33. The molecule has 0 bridgehead atoms. The van der Waals surface area contributed by atoms with Gasteiger partial charge in [-0.2, -0.15) is 0 Å². The van der Waals surface area contributed by atoms with Crippen LogP contribution in [0.15, 0.2) is 43.0 Å². The Kier molecular flexibility index (Phi) is 2.08. The van der Waals surface area contributed by atoms with Crippen LogP contribution in [0.25, 0.3) is 16.9 Å². The highest BCUT2D eigenvalue weighted by Crippen LogP contribution is 2.21. The van der Waals surface area contributed by atoms with E-state index in [1.54, 1.807) is 6.33 Å². The SMILES string of the molecule is Clc1ncnc2ncn(-c3ccccc3)c12. The fourth-order valence-corrected chi connectivity index (χ4v) is 1.82. The Morgan fingerprint density at radius 2 is 1.81 bits per heavy atom. The molecular weight excluding hydrogens is 224 g/mol. The molecular formula is C11H7ClN4. The molecule has 0 N–H and O–H groups in total. The van der Waals surface area contributed by atoms with Crippen LogP contribution in [0.3, 0.4) is 0 Å². The van der Waals surface area contributed by atoms with E-state index in [9.17, 15) is 0 Å². The molecule has 3 aromatic rings. The minimum absolute atomic E-state index is 0.409.